The average Bonchev–Trinajstić information content (AvgIpc) is 2.28. The summed E-state index contributed by atoms with van der Waals surface area (Å²) in [6, 6.07) is 2.65. The molecule has 0 spiro atoms. The van der Waals surface area contributed by atoms with Gasteiger partial charge in [0.2, 0.25) is 0 Å². The monoisotopic (exact) mass is 263 g/mol. The quantitative estimate of drug-likeness (QED) is 0.774. The summed E-state index contributed by atoms with van der Waals surface area (Å²) in [7, 11) is 0. The minimum Gasteiger partial charge on any atom is -0.393 e. The van der Waals surface area contributed by atoms with Crippen LogP contribution in [0.3, 0.4) is 0 Å². The molecule has 0 radical (unpaired) electrons. The maximum Gasteiger partial charge on any atom is 0.306 e. The van der Waals surface area contributed by atoms with E-state index < -0.39 is 35.6 Å². The molecule has 0 aliphatic rings. The van der Waals surface area contributed by atoms with Crippen molar-refractivity contribution in [2.24, 2.45) is 5.73 Å². The van der Waals surface area contributed by atoms with Crippen molar-refractivity contribution in [2.45, 2.75) is 31.4 Å². The van der Waals surface area contributed by atoms with Crippen LogP contribution in [0, 0.1) is 5.82 Å². The lowest BCUT2D eigenvalue weighted by Gasteiger charge is -2.31. The number of aliphatic hydroxyl groups excluding tert-OH is 1. The highest BCUT2D eigenvalue weighted by Gasteiger charge is 2.51. The van der Waals surface area contributed by atoms with Crippen molar-refractivity contribution in [3.05, 3.63) is 35.1 Å². The summed E-state index contributed by atoms with van der Waals surface area (Å²) >= 11 is 0. The number of hydrogen-bond acceptors (Lipinski definition) is 3. The third-order valence-corrected chi connectivity index (χ3v) is 2.84. The molecule has 3 nitrogen and oxygen atoms in total. The Bertz CT molecular complexity index is 433. The van der Waals surface area contributed by atoms with Crippen molar-refractivity contribution < 1.29 is 23.4 Å². The van der Waals surface area contributed by atoms with Crippen molar-refractivity contribution in [3.8, 4) is 0 Å². The van der Waals surface area contributed by atoms with Crippen LogP contribution >= 0.6 is 0 Å². The fourth-order valence-corrected chi connectivity index (χ4v) is 1.53. The molecule has 2 atom stereocenters. The second kappa shape index (κ2) is 4.87. The Morgan fingerprint density at radius 2 is 1.94 bits per heavy atom. The van der Waals surface area contributed by atoms with Crippen molar-refractivity contribution in [1.82, 2.24) is 0 Å². The van der Waals surface area contributed by atoms with E-state index in [1.165, 1.54) is 19.1 Å². The van der Waals surface area contributed by atoms with Crippen molar-refractivity contribution in [1.29, 1.82) is 0 Å². The van der Waals surface area contributed by atoms with E-state index in [4.69, 9.17) is 10.8 Å². The van der Waals surface area contributed by atoms with Crippen LogP contribution in [-0.2, 0) is 5.92 Å². The van der Waals surface area contributed by atoms with Crippen molar-refractivity contribution in [2.75, 3.05) is 6.61 Å². The van der Waals surface area contributed by atoms with Gasteiger partial charge in [0.15, 0.2) is 5.60 Å². The summed E-state index contributed by atoms with van der Waals surface area (Å²) in [5.74, 6) is -5.08. The summed E-state index contributed by atoms with van der Waals surface area (Å²) in [5, 5.41) is 18.2. The molecule has 1 rings (SSSR count). The third kappa shape index (κ3) is 2.36. The van der Waals surface area contributed by atoms with E-state index in [1.807, 2.05) is 0 Å². The summed E-state index contributed by atoms with van der Waals surface area (Å²) < 4.78 is 41.8. The first kappa shape index (κ1) is 14.9. The number of rotatable bonds is 4. The molecule has 0 aliphatic carbocycles. The highest BCUT2D eigenvalue weighted by molar-refractivity contribution is 5.32. The highest BCUT2D eigenvalue weighted by Crippen LogP contribution is 2.40. The third-order valence-electron chi connectivity index (χ3n) is 2.84. The maximum atomic E-state index is 13.9. The Morgan fingerprint density at radius 1 is 1.39 bits per heavy atom. The second-order valence-corrected chi connectivity index (χ2v) is 4.50. The summed E-state index contributed by atoms with van der Waals surface area (Å²) in [4.78, 5) is 0. The van der Waals surface area contributed by atoms with E-state index in [9.17, 15) is 18.3 Å². The molecule has 1 aromatic carbocycles. The fourth-order valence-electron chi connectivity index (χ4n) is 1.53. The van der Waals surface area contributed by atoms with Crippen LogP contribution in [0.2, 0.25) is 0 Å². The molecule has 0 bridgehead atoms. The second-order valence-electron chi connectivity index (χ2n) is 4.50. The highest BCUT2D eigenvalue weighted by atomic mass is 19.3. The van der Waals surface area contributed by atoms with E-state index in [2.05, 4.69) is 0 Å². The van der Waals surface area contributed by atoms with E-state index in [0.29, 0.717) is 0 Å². The number of halogens is 3. The Labute approximate surface area is 103 Å². The predicted molar refractivity (Wildman–Crippen MR) is 60.6 cm³/mol. The molecule has 1 aromatic rings. The van der Waals surface area contributed by atoms with E-state index in [-0.39, 0.29) is 5.56 Å². The van der Waals surface area contributed by atoms with Gasteiger partial charge in [0.25, 0.3) is 0 Å². The largest absolute Gasteiger partial charge is 0.393 e. The van der Waals surface area contributed by atoms with Crippen molar-refractivity contribution >= 4 is 0 Å². The zero-order valence-corrected chi connectivity index (χ0v) is 10.1. The number of nitrogens with two attached hydrogens (primary N) is 1. The Kier molecular flexibility index (Phi) is 4.05. The molecule has 0 saturated carbocycles. The molecule has 1 unspecified atom stereocenters. The van der Waals surface area contributed by atoms with Crippen molar-refractivity contribution in [3.63, 3.8) is 0 Å². The topological polar surface area (TPSA) is 66.5 Å². The summed E-state index contributed by atoms with van der Waals surface area (Å²) in [5.41, 5.74) is 1.68. The lowest BCUT2D eigenvalue weighted by molar-refractivity contribution is -0.197. The van der Waals surface area contributed by atoms with Crippen LogP contribution in [-0.4, -0.2) is 22.4 Å². The van der Waals surface area contributed by atoms with Crippen LogP contribution in [0.1, 0.15) is 31.0 Å². The first-order chi connectivity index (χ1) is 8.15. The molecular formula is C12H16F3NO2. The van der Waals surface area contributed by atoms with Crippen LogP contribution in [0.5, 0.6) is 0 Å². The number of alkyl halides is 2. The van der Waals surface area contributed by atoms with Gasteiger partial charge in [-0.15, -0.1) is 0 Å². The average molecular weight is 263 g/mol. The number of aliphatic hydroxyl groups is 2. The zero-order chi connectivity index (χ0) is 14.1. The molecule has 0 aromatic heterocycles. The Hall–Kier alpha value is -1.11. The van der Waals surface area contributed by atoms with E-state index in [1.54, 1.807) is 0 Å². The minimum absolute atomic E-state index is 0.0686. The molecule has 102 valence electrons. The van der Waals surface area contributed by atoms with Gasteiger partial charge in [-0.3, -0.25) is 0 Å². The number of hydrogen-bond donors (Lipinski definition) is 3. The zero-order valence-electron chi connectivity index (χ0n) is 10.1. The van der Waals surface area contributed by atoms with Crippen LogP contribution in [0.25, 0.3) is 0 Å². The lowest BCUT2D eigenvalue weighted by atomic mass is 9.90. The molecule has 0 saturated heterocycles. The smallest absolute Gasteiger partial charge is 0.306 e. The van der Waals surface area contributed by atoms with Gasteiger partial charge in [-0.1, -0.05) is 12.1 Å². The first-order valence-corrected chi connectivity index (χ1v) is 5.40. The SMILES string of the molecule is C[C@@H](N)c1cccc(C(F)(F)C(C)(O)CO)c1F. The molecule has 0 fully saturated rings. The maximum absolute atomic E-state index is 13.9. The molecule has 4 N–H and O–H groups in total. The Balaban J connectivity index is 3.38. The molecule has 0 aliphatic heterocycles. The lowest BCUT2D eigenvalue weighted by Crippen LogP contribution is -2.47. The van der Waals surface area contributed by atoms with Gasteiger partial charge in [-0.05, 0) is 19.9 Å². The van der Waals surface area contributed by atoms with Gasteiger partial charge in [-0.25, -0.2) is 4.39 Å². The molecule has 0 amide bonds. The normalized spacial score (nSPS) is 17.3. The predicted octanol–water partition coefficient (Wildman–Crippen LogP) is 1.68. The standard InChI is InChI=1S/C12H16F3NO2/c1-7(16)8-4-3-5-9(10(8)13)12(14,15)11(2,18)6-17/h3-5,7,17-18H,6,16H2,1-2H3/t7-,11?/m1/s1. The molecule has 6 heteroatoms. The van der Waals surface area contributed by atoms with Gasteiger partial charge in [0.1, 0.15) is 5.82 Å². The van der Waals surface area contributed by atoms with E-state index in [0.717, 1.165) is 13.0 Å². The van der Waals surface area contributed by atoms with Gasteiger partial charge in [-0.2, -0.15) is 8.78 Å². The first-order valence-electron chi connectivity index (χ1n) is 5.40. The van der Waals surface area contributed by atoms with Gasteiger partial charge < -0.3 is 15.9 Å². The van der Waals surface area contributed by atoms with Gasteiger partial charge in [0.05, 0.1) is 12.2 Å². The van der Waals surface area contributed by atoms with E-state index >= 15 is 0 Å². The fraction of sp³-hybridized carbons (Fsp3) is 0.500. The molecular weight excluding hydrogens is 247 g/mol. The summed E-state index contributed by atoms with van der Waals surface area (Å²) in [6.07, 6.45) is 0. The van der Waals surface area contributed by atoms with Crippen LogP contribution in [0.15, 0.2) is 18.2 Å². The minimum atomic E-state index is -3.92. The Morgan fingerprint density at radius 3 is 2.39 bits per heavy atom. The number of benzene rings is 1. The van der Waals surface area contributed by atoms with Gasteiger partial charge in [0, 0.05) is 11.6 Å². The van der Waals surface area contributed by atoms with Crippen LogP contribution in [0.4, 0.5) is 13.2 Å². The molecule has 0 heterocycles. The molecule has 18 heavy (non-hydrogen) atoms. The van der Waals surface area contributed by atoms with Crippen LogP contribution < -0.4 is 5.73 Å². The summed E-state index contributed by atoms with van der Waals surface area (Å²) in [6.45, 7) is 1.01. The van der Waals surface area contributed by atoms with Gasteiger partial charge >= 0.3 is 5.92 Å².